The number of carbonyl (C=O) groups excluding carboxylic acids is 2. The van der Waals surface area contributed by atoms with Crippen LogP contribution in [0.15, 0.2) is 53.5 Å². The maximum absolute atomic E-state index is 13.5. The lowest BCUT2D eigenvalue weighted by Gasteiger charge is -2.24. The van der Waals surface area contributed by atoms with E-state index in [1.54, 1.807) is 23.5 Å². The first-order chi connectivity index (χ1) is 21.3. The van der Waals surface area contributed by atoms with Gasteiger partial charge in [-0.2, -0.15) is 0 Å². The molecule has 44 heavy (non-hydrogen) atoms. The van der Waals surface area contributed by atoms with Crippen molar-refractivity contribution in [3.8, 4) is 5.00 Å². The van der Waals surface area contributed by atoms with Crippen LogP contribution >= 0.6 is 46.1 Å². The number of fused-ring (bicyclic) bond motifs is 3. The molecule has 0 unspecified atom stereocenters. The van der Waals surface area contributed by atoms with Crippen LogP contribution in [0.4, 0.5) is 0 Å². The number of hydrogen-bond donors (Lipinski definition) is 1. The van der Waals surface area contributed by atoms with Gasteiger partial charge in [-0.25, -0.2) is 0 Å². The number of rotatable bonds is 8. The van der Waals surface area contributed by atoms with Crippen molar-refractivity contribution in [1.82, 2.24) is 20.1 Å². The van der Waals surface area contributed by atoms with Crippen molar-refractivity contribution in [3.63, 3.8) is 0 Å². The molecular formula is C32H30Cl3N5O3S. The van der Waals surface area contributed by atoms with Gasteiger partial charge >= 0.3 is 5.97 Å². The summed E-state index contributed by atoms with van der Waals surface area (Å²) in [4.78, 5) is 32.9. The van der Waals surface area contributed by atoms with Crippen molar-refractivity contribution in [3.05, 3.63) is 96.8 Å². The topological polar surface area (TPSA) is 98.5 Å². The van der Waals surface area contributed by atoms with E-state index in [0.717, 1.165) is 65.2 Å². The summed E-state index contributed by atoms with van der Waals surface area (Å²) in [6.45, 7) is 2.32. The minimum Gasteiger partial charge on any atom is -0.462 e. The number of ether oxygens (including phenoxy) is 1. The van der Waals surface area contributed by atoms with E-state index in [1.165, 1.54) is 6.07 Å². The van der Waals surface area contributed by atoms with Crippen LogP contribution in [0.25, 0.3) is 5.00 Å². The fraction of sp³-hybridized carbons (Fsp3) is 0.344. The Morgan fingerprint density at radius 1 is 1.00 bits per heavy atom. The molecule has 228 valence electrons. The van der Waals surface area contributed by atoms with E-state index in [2.05, 4.69) is 28.5 Å². The predicted molar refractivity (Wildman–Crippen MR) is 174 cm³/mol. The van der Waals surface area contributed by atoms with Crippen molar-refractivity contribution in [1.29, 1.82) is 0 Å². The fourth-order valence-electron chi connectivity index (χ4n) is 5.61. The first-order valence-electron chi connectivity index (χ1n) is 14.6. The SMILES string of the molecule is CCc1cc2c(s1)-n1c(nnc1[C@@H](CC(=O)OC1CCCCC1)NC(=O)c1ccc(Cl)c(Cl)c1)CN=C2c1ccccc1Cl. The van der Waals surface area contributed by atoms with E-state index in [0.29, 0.717) is 27.3 Å². The quantitative estimate of drug-likeness (QED) is 0.192. The van der Waals surface area contributed by atoms with Gasteiger partial charge in [-0.1, -0.05) is 66.3 Å². The van der Waals surface area contributed by atoms with Crippen molar-refractivity contribution < 1.29 is 14.3 Å². The summed E-state index contributed by atoms with van der Waals surface area (Å²) in [6, 6.07) is 13.5. The lowest BCUT2D eigenvalue weighted by molar-refractivity contribution is -0.151. The van der Waals surface area contributed by atoms with Gasteiger partial charge in [0, 0.05) is 26.6 Å². The highest BCUT2D eigenvalue weighted by Crippen LogP contribution is 2.36. The Labute approximate surface area is 274 Å². The summed E-state index contributed by atoms with van der Waals surface area (Å²) in [5.74, 6) is 0.159. The van der Waals surface area contributed by atoms with Crippen LogP contribution in [0.2, 0.25) is 15.1 Å². The molecule has 1 saturated carbocycles. The molecule has 4 aromatic rings. The van der Waals surface area contributed by atoms with E-state index in [-0.39, 0.29) is 24.1 Å². The van der Waals surface area contributed by atoms with Crippen molar-refractivity contribution in [2.75, 3.05) is 0 Å². The van der Waals surface area contributed by atoms with E-state index < -0.39 is 17.9 Å². The summed E-state index contributed by atoms with van der Waals surface area (Å²) in [5, 5.41) is 14.1. The largest absolute Gasteiger partial charge is 0.462 e. The molecule has 1 atom stereocenters. The zero-order valence-corrected chi connectivity index (χ0v) is 27.1. The average molecular weight is 671 g/mol. The van der Waals surface area contributed by atoms with Crippen LogP contribution in [0.1, 0.15) is 89.5 Å². The summed E-state index contributed by atoms with van der Waals surface area (Å²) >= 11 is 20.5. The van der Waals surface area contributed by atoms with Crippen LogP contribution in [0, 0.1) is 0 Å². The van der Waals surface area contributed by atoms with E-state index >= 15 is 0 Å². The number of nitrogens with zero attached hydrogens (tertiary/aromatic N) is 4. The Balaban J connectivity index is 1.40. The number of amides is 1. The maximum atomic E-state index is 13.5. The lowest BCUT2D eigenvalue weighted by Crippen LogP contribution is -2.33. The standard InChI is InChI=1S/C32H30Cl3N5O3S/c1-2-20-15-22-29(21-10-6-7-11-23(21)33)36-17-27-38-39-30(40(27)32(22)44-20)26(16-28(41)43-19-8-4-3-5-9-19)37-31(42)18-12-13-24(34)25(35)14-18/h6-7,10-15,19,26H,2-5,8-9,16-17H2,1H3,(H,37,42)/t26-/m1/s1. The van der Waals surface area contributed by atoms with Gasteiger partial charge in [-0.15, -0.1) is 21.5 Å². The Morgan fingerprint density at radius 3 is 2.55 bits per heavy atom. The summed E-state index contributed by atoms with van der Waals surface area (Å²) in [5.41, 5.74) is 2.76. The van der Waals surface area contributed by atoms with Gasteiger partial charge in [0.25, 0.3) is 5.91 Å². The first-order valence-corrected chi connectivity index (χ1v) is 16.6. The zero-order valence-electron chi connectivity index (χ0n) is 24.0. The molecule has 0 spiro atoms. The van der Waals surface area contributed by atoms with Crippen molar-refractivity contribution >= 4 is 63.7 Å². The number of halogens is 3. The van der Waals surface area contributed by atoms with Crippen LogP contribution in [0.5, 0.6) is 0 Å². The molecule has 2 aliphatic rings. The second-order valence-electron chi connectivity index (χ2n) is 10.8. The molecule has 12 heteroatoms. The molecule has 1 amide bonds. The molecule has 2 aromatic heterocycles. The predicted octanol–water partition coefficient (Wildman–Crippen LogP) is 7.94. The smallest absolute Gasteiger partial charge is 0.308 e. The van der Waals surface area contributed by atoms with Gasteiger partial charge in [-0.3, -0.25) is 19.1 Å². The number of benzene rings is 2. The minimum absolute atomic E-state index is 0.124. The molecule has 1 aliphatic carbocycles. The van der Waals surface area contributed by atoms with Gasteiger partial charge in [0.05, 0.1) is 22.2 Å². The summed E-state index contributed by atoms with van der Waals surface area (Å²) in [6.07, 6.45) is 5.44. The van der Waals surface area contributed by atoms with Gasteiger partial charge in [0.15, 0.2) is 11.6 Å². The van der Waals surface area contributed by atoms with Crippen LogP contribution in [0.3, 0.4) is 0 Å². The van der Waals surface area contributed by atoms with Crippen molar-refractivity contribution in [2.24, 2.45) is 4.99 Å². The van der Waals surface area contributed by atoms with E-state index in [1.807, 2.05) is 28.8 Å². The Hall–Kier alpha value is -3.24. The number of thiophene rings is 1. The van der Waals surface area contributed by atoms with Crippen LogP contribution in [-0.4, -0.2) is 38.5 Å². The molecular weight excluding hydrogens is 641 g/mol. The average Bonchev–Trinajstić information content (AvgIpc) is 3.60. The van der Waals surface area contributed by atoms with Gasteiger partial charge in [-0.05, 0) is 62.4 Å². The Morgan fingerprint density at radius 2 is 1.80 bits per heavy atom. The molecule has 3 heterocycles. The minimum atomic E-state index is -0.851. The fourth-order valence-corrected chi connectivity index (χ4v) is 7.26. The highest BCUT2D eigenvalue weighted by atomic mass is 35.5. The lowest BCUT2D eigenvalue weighted by atomic mass is 9.98. The molecule has 8 nitrogen and oxygen atoms in total. The molecule has 0 saturated heterocycles. The van der Waals surface area contributed by atoms with E-state index in [4.69, 9.17) is 44.5 Å². The number of carbonyl (C=O) groups is 2. The summed E-state index contributed by atoms with van der Waals surface area (Å²) in [7, 11) is 0. The third-order valence-corrected chi connectivity index (χ3v) is 10.2. The number of aryl methyl sites for hydroxylation is 1. The Bertz CT molecular complexity index is 1740. The molecule has 1 aliphatic heterocycles. The molecule has 0 bridgehead atoms. The van der Waals surface area contributed by atoms with Gasteiger partial charge in [0.2, 0.25) is 0 Å². The summed E-state index contributed by atoms with van der Waals surface area (Å²) < 4.78 is 7.79. The van der Waals surface area contributed by atoms with Gasteiger partial charge in [0.1, 0.15) is 23.7 Å². The second-order valence-corrected chi connectivity index (χ2v) is 13.2. The monoisotopic (exact) mass is 669 g/mol. The van der Waals surface area contributed by atoms with Crippen molar-refractivity contribution in [2.45, 2.75) is 70.6 Å². The highest BCUT2D eigenvalue weighted by molar-refractivity contribution is 7.15. The van der Waals surface area contributed by atoms with Crippen LogP contribution in [-0.2, 0) is 22.5 Å². The third-order valence-electron chi connectivity index (χ3n) is 7.85. The van der Waals surface area contributed by atoms with E-state index in [9.17, 15) is 9.59 Å². The number of esters is 1. The van der Waals surface area contributed by atoms with Crippen LogP contribution < -0.4 is 5.32 Å². The number of nitrogens with one attached hydrogen (secondary N) is 1. The Kier molecular flexibility index (Phi) is 9.37. The second kappa shape index (κ2) is 13.4. The van der Waals surface area contributed by atoms with Gasteiger partial charge < -0.3 is 10.1 Å². The molecule has 0 radical (unpaired) electrons. The molecule has 6 rings (SSSR count). The zero-order chi connectivity index (χ0) is 30.8. The number of aliphatic imine (C=N–C) groups is 1. The molecule has 1 fully saturated rings. The highest BCUT2D eigenvalue weighted by Gasteiger charge is 2.32. The number of hydrogen-bond acceptors (Lipinski definition) is 7. The third kappa shape index (κ3) is 6.42. The molecule has 1 N–H and O–H groups in total. The molecule has 2 aromatic carbocycles. The normalized spacial score (nSPS) is 15.5. The number of aromatic nitrogens is 3. The maximum Gasteiger partial charge on any atom is 0.308 e. The first kappa shape index (κ1) is 30.8.